The molecule has 0 aromatic heterocycles. The Kier molecular flexibility index (Phi) is 12.6. The van der Waals surface area contributed by atoms with E-state index in [1.807, 2.05) is 13.0 Å². The molecule has 0 aliphatic rings. The number of allylic oxidation sites excluding steroid dienone is 1. The Morgan fingerprint density at radius 1 is 1.10 bits per heavy atom. The molecule has 0 unspecified atom stereocenters. The zero-order valence-corrected chi connectivity index (χ0v) is 12.9. The first kappa shape index (κ1) is 19.1. The Hall–Kier alpha value is -0.870. The third kappa shape index (κ3) is 12.2. The van der Waals surface area contributed by atoms with Crippen LogP contribution >= 0.6 is 0 Å². The maximum absolute atomic E-state index is 10.5. The summed E-state index contributed by atoms with van der Waals surface area (Å²) in [5.74, 6) is -0.202. The monoisotopic (exact) mass is 286 g/mol. The van der Waals surface area contributed by atoms with Crippen molar-refractivity contribution in [3.63, 3.8) is 0 Å². The van der Waals surface area contributed by atoms with Crippen molar-refractivity contribution >= 4 is 5.97 Å². The summed E-state index contributed by atoms with van der Waals surface area (Å²) in [4.78, 5) is 10.5. The van der Waals surface area contributed by atoms with Crippen LogP contribution in [-0.2, 0) is 9.53 Å². The summed E-state index contributed by atoms with van der Waals surface area (Å²) in [6.07, 6.45) is 10.4. The fourth-order valence-corrected chi connectivity index (χ4v) is 1.89. The summed E-state index contributed by atoms with van der Waals surface area (Å²) in [7, 11) is 0. The predicted molar refractivity (Wildman–Crippen MR) is 80.4 cm³/mol. The molecular weight excluding hydrogens is 256 g/mol. The minimum absolute atomic E-state index is 0.202. The highest BCUT2D eigenvalue weighted by atomic mass is 16.5. The van der Waals surface area contributed by atoms with Crippen molar-refractivity contribution in [3.8, 4) is 0 Å². The lowest BCUT2D eigenvalue weighted by Crippen LogP contribution is -2.22. The number of carbonyl (C=O) groups excluding carboxylic acids is 1. The molecule has 0 aliphatic heterocycles. The molecule has 0 rings (SSSR count). The number of aliphatic hydroxyl groups is 2. The molecule has 2 N–H and O–H groups in total. The van der Waals surface area contributed by atoms with Crippen LogP contribution in [0, 0.1) is 0 Å². The molecule has 4 heteroatoms. The number of unbranched alkanes of at least 4 members (excludes halogenated alkanes) is 6. The van der Waals surface area contributed by atoms with Crippen LogP contribution in [0.5, 0.6) is 0 Å². The fourth-order valence-electron chi connectivity index (χ4n) is 1.89. The van der Waals surface area contributed by atoms with E-state index in [4.69, 9.17) is 4.74 Å². The highest BCUT2D eigenvalue weighted by Gasteiger charge is 2.09. The standard InChI is InChI=1S/C16H30O4/c1-3-15(18)16(19)12-10-8-6-4-5-7-9-11-13-20-14(2)17/h10,12,15-16,18-19H,3-9,11,13H2,1-2H3/b12-10-/t15-,16-/m1/s1. The van der Waals surface area contributed by atoms with Crippen LogP contribution in [0.2, 0.25) is 0 Å². The van der Waals surface area contributed by atoms with Crippen LogP contribution in [0.3, 0.4) is 0 Å². The van der Waals surface area contributed by atoms with E-state index in [0.29, 0.717) is 13.0 Å². The van der Waals surface area contributed by atoms with E-state index in [0.717, 1.165) is 25.7 Å². The number of carbonyl (C=O) groups is 1. The van der Waals surface area contributed by atoms with Crippen molar-refractivity contribution in [2.24, 2.45) is 0 Å². The minimum Gasteiger partial charge on any atom is -0.466 e. The van der Waals surface area contributed by atoms with E-state index in [-0.39, 0.29) is 5.97 Å². The molecule has 0 fully saturated rings. The molecule has 0 bridgehead atoms. The first-order valence-corrected chi connectivity index (χ1v) is 7.74. The van der Waals surface area contributed by atoms with Crippen molar-refractivity contribution in [1.29, 1.82) is 0 Å². The molecule has 0 spiro atoms. The van der Waals surface area contributed by atoms with Crippen LogP contribution in [-0.4, -0.2) is 35.0 Å². The summed E-state index contributed by atoms with van der Waals surface area (Å²) in [6.45, 7) is 3.82. The van der Waals surface area contributed by atoms with Gasteiger partial charge in [-0.3, -0.25) is 4.79 Å². The smallest absolute Gasteiger partial charge is 0.302 e. The van der Waals surface area contributed by atoms with E-state index >= 15 is 0 Å². The number of aliphatic hydroxyl groups excluding tert-OH is 2. The second-order valence-electron chi connectivity index (χ2n) is 5.14. The zero-order valence-electron chi connectivity index (χ0n) is 12.9. The van der Waals surface area contributed by atoms with Gasteiger partial charge in [0.05, 0.1) is 18.8 Å². The highest BCUT2D eigenvalue weighted by Crippen LogP contribution is 2.08. The average molecular weight is 286 g/mol. The van der Waals surface area contributed by atoms with Gasteiger partial charge in [0.1, 0.15) is 0 Å². The third-order valence-corrected chi connectivity index (χ3v) is 3.22. The van der Waals surface area contributed by atoms with Crippen LogP contribution in [0.1, 0.15) is 65.2 Å². The number of esters is 1. The normalized spacial score (nSPS) is 14.4. The minimum atomic E-state index is -0.735. The van der Waals surface area contributed by atoms with Crippen molar-refractivity contribution in [1.82, 2.24) is 0 Å². The molecule has 0 amide bonds. The molecule has 2 atom stereocenters. The van der Waals surface area contributed by atoms with Crippen molar-refractivity contribution in [3.05, 3.63) is 12.2 Å². The molecular formula is C16H30O4. The Balaban J connectivity index is 3.28. The molecule has 0 aliphatic carbocycles. The molecule has 0 saturated heterocycles. The first-order chi connectivity index (χ1) is 9.57. The van der Waals surface area contributed by atoms with Crippen LogP contribution < -0.4 is 0 Å². The Labute approximate surface area is 122 Å². The second-order valence-corrected chi connectivity index (χ2v) is 5.14. The summed E-state index contributed by atoms with van der Waals surface area (Å²) < 4.78 is 4.86. The van der Waals surface area contributed by atoms with E-state index in [1.165, 1.54) is 26.2 Å². The number of hydrogen-bond donors (Lipinski definition) is 2. The summed E-state index contributed by atoms with van der Waals surface area (Å²) in [6, 6.07) is 0. The fraction of sp³-hybridized carbons (Fsp3) is 0.812. The molecule has 20 heavy (non-hydrogen) atoms. The van der Waals surface area contributed by atoms with Gasteiger partial charge in [0.15, 0.2) is 0 Å². The van der Waals surface area contributed by atoms with Crippen molar-refractivity contribution < 1.29 is 19.7 Å². The van der Waals surface area contributed by atoms with Crippen molar-refractivity contribution in [2.75, 3.05) is 6.61 Å². The Morgan fingerprint density at radius 3 is 2.30 bits per heavy atom. The molecule has 118 valence electrons. The van der Waals surface area contributed by atoms with E-state index in [9.17, 15) is 15.0 Å². The molecule has 4 nitrogen and oxygen atoms in total. The number of hydrogen-bond acceptors (Lipinski definition) is 4. The maximum atomic E-state index is 10.5. The van der Waals surface area contributed by atoms with Gasteiger partial charge in [-0.05, 0) is 25.7 Å². The van der Waals surface area contributed by atoms with Gasteiger partial charge in [0, 0.05) is 6.92 Å². The topological polar surface area (TPSA) is 66.8 Å². The van der Waals surface area contributed by atoms with Gasteiger partial charge in [0.2, 0.25) is 0 Å². The molecule has 0 aromatic rings. The van der Waals surface area contributed by atoms with E-state index in [2.05, 4.69) is 0 Å². The third-order valence-electron chi connectivity index (χ3n) is 3.22. The quantitative estimate of drug-likeness (QED) is 0.329. The van der Waals surface area contributed by atoms with Gasteiger partial charge >= 0.3 is 5.97 Å². The lowest BCUT2D eigenvalue weighted by atomic mass is 10.1. The Morgan fingerprint density at radius 2 is 1.70 bits per heavy atom. The lowest BCUT2D eigenvalue weighted by Gasteiger charge is -2.11. The lowest BCUT2D eigenvalue weighted by molar-refractivity contribution is -0.141. The first-order valence-electron chi connectivity index (χ1n) is 7.74. The van der Waals surface area contributed by atoms with Gasteiger partial charge < -0.3 is 14.9 Å². The van der Waals surface area contributed by atoms with Gasteiger partial charge in [-0.1, -0.05) is 44.8 Å². The largest absolute Gasteiger partial charge is 0.466 e. The molecule has 0 radical (unpaired) electrons. The molecule has 0 saturated carbocycles. The Bertz CT molecular complexity index is 263. The van der Waals surface area contributed by atoms with E-state index in [1.54, 1.807) is 6.08 Å². The zero-order chi connectivity index (χ0) is 15.2. The number of ether oxygens (including phenoxy) is 1. The van der Waals surface area contributed by atoms with Gasteiger partial charge in [0.25, 0.3) is 0 Å². The SMILES string of the molecule is CC[C@@H](O)[C@H](O)/C=C\CCCCCCCCOC(C)=O. The maximum Gasteiger partial charge on any atom is 0.302 e. The van der Waals surface area contributed by atoms with Gasteiger partial charge in [-0.15, -0.1) is 0 Å². The van der Waals surface area contributed by atoms with Crippen LogP contribution in [0.15, 0.2) is 12.2 Å². The van der Waals surface area contributed by atoms with Crippen LogP contribution in [0.25, 0.3) is 0 Å². The highest BCUT2D eigenvalue weighted by molar-refractivity contribution is 5.65. The van der Waals surface area contributed by atoms with E-state index < -0.39 is 12.2 Å². The van der Waals surface area contributed by atoms with Crippen LogP contribution in [0.4, 0.5) is 0 Å². The van der Waals surface area contributed by atoms with Gasteiger partial charge in [-0.25, -0.2) is 0 Å². The average Bonchev–Trinajstić information content (AvgIpc) is 2.43. The summed E-state index contributed by atoms with van der Waals surface area (Å²) in [5.41, 5.74) is 0. The second kappa shape index (κ2) is 13.1. The van der Waals surface area contributed by atoms with Crippen molar-refractivity contribution in [2.45, 2.75) is 77.4 Å². The molecule has 0 aromatic carbocycles. The molecule has 0 heterocycles. The number of rotatable bonds is 12. The summed E-state index contributed by atoms with van der Waals surface area (Å²) in [5, 5.41) is 18.9. The summed E-state index contributed by atoms with van der Waals surface area (Å²) >= 11 is 0. The predicted octanol–water partition coefficient (Wildman–Crippen LogP) is 2.97. The van der Waals surface area contributed by atoms with Gasteiger partial charge in [-0.2, -0.15) is 0 Å².